The van der Waals surface area contributed by atoms with Gasteiger partial charge in [0.2, 0.25) is 0 Å². The predicted octanol–water partition coefficient (Wildman–Crippen LogP) is 6.13. The Hall–Kier alpha value is -4.59. The Bertz CT molecular complexity index is 1710. The second kappa shape index (κ2) is 10.5. The summed E-state index contributed by atoms with van der Waals surface area (Å²) in [6.07, 6.45) is 5.89. The van der Waals surface area contributed by atoms with E-state index in [-0.39, 0.29) is 12.2 Å². The number of benzene rings is 3. The quantitative estimate of drug-likeness (QED) is 0.199. The minimum Gasteiger partial charge on any atom is -0.508 e. The number of H-pyrrole nitrogens is 1. The summed E-state index contributed by atoms with van der Waals surface area (Å²) in [5, 5.41) is 23.4. The van der Waals surface area contributed by atoms with Crippen LogP contribution in [0.4, 0.5) is 0 Å². The van der Waals surface area contributed by atoms with Gasteiger partial charge in [0.05, 0.1) is 11.0 Å². The fourth-order valence-electron chi connectivity index (χ4n) is 6.02. The first-order chi connectivity index (χ1) is 19.4. The van der Waals surface area contributed by atoms with Crippen molar-refractivity contribution in [1.82, 2.24) is 19.9 Å². The first-order valence-corrected chi connectivity index (χ1v) is 13.8. The Morgan fingerprint density at radius 3 is 2.58 bits per heavy atom. The van der Waals surface area contributed by atoms with E-state index in [1.807, 2.05) is 31.2 Å². The molecular formula is C32H32N4O4. The van der Waals surface area contributed by atoms with Gasteiger partial charge in [-0.1, -0.05) is 49.6 Å². The number of rotatable bonds is 7. The highest BCUT2D eigenvalue weighted by atomic mass is 16.4. The summed E-state index contributed by atoms with van der Waals surface area (Å²) < 4.78 is 2.32. The number of phenolic OH excluding ortho intramolecular Hbond substituents is 1. The van der Waals surface area contributed by atoms with Crippen LogP contribution in [0.15, 0.2) is 66.7 Å². The lowest BCUT2D eigenvalue weighted by atomic mass is 9.95. The summed E-state index contributed by atoms with van der Waals surface area (Å²) in [5.41, 5.74) is 5.42. The normalized spacial score (nSPS) is 14.9. The van der Waals surface area contributed by atoms with E-state index < -0.39 is 17.9 Å². The number of carboxylic acids is 1. The van der Waals surface area contributed by atoms with Crippen LogP contribution in [0.25, 0.3) is 33.3 Å². The van der Waals surface area contributed by atoms with E-state index in [9.17, 15) is 19.8 Å². The number of hydrogen-bond donors (Lipinski definition) is 4. The molecule has 0 spiro atoms. The number of aromatic nitrogens is 3. The van der Waals surface area contributed by atoms with Crippen molar-refractivity contribution >= 4 is 33.8 Å². The van der Waals surface area contributed by atoms with E-state index in [0.29, 0.717) is 17.1 Å². The van der Waals surface area contributed by atoms with Gasteiger partial charge in [-0.15, -0.1) is 0 Å². The van der Waals surface area contributed by atoms with Crippen LogP contribution in [-0.4, -0.2) is 42.7 Å². The molecule has 204 valence electrons. The smallest absolute Gasteiger partial charge is 0.326 e. The Kier molecular flexibility index (Phi) is 6.76. The fraction of sp³-hybridized carbons (Fsp3) is 0.281. The third-order valence-corrected chi connectivity index (χ3v) is 8.04. The van der Waals surface area contributed by atoms with Crippen LogP contribution >= 0.6 is 0 Å². The van der Waals surface area contributed by atoms with Crippen molar-refractivity contribution in [2.24, 2.45) is 0 Å². The summed E-state index contributed by atoms with van der Waals surface area (Å²) in [6, 6.07) is 19.7. The Morgan fingerprint density at radius 2 is 1.82 bits per heavy atom. The zero-order valence-corrected chi connectivity index (χ0v) is 22.4. The van der Waals surface area contributed by atoms with E-state index >= 15 is 0 Å². The number of carboxylic acid groups (broad SMARTS) is 1. The van der Waals surface area contributed by atoms with Crippen molar-refractivity contribution in [2.45, 2.75) is 57.5 Å². The summed E-state index contributed by atoms with van der Waals surface area (Å²) in [5.74, 6) is -0.611. The van der Waals surface area contributed by atoms with Gasteiger partial charge in [-0.05, 0) is 61.7 Å². The van der Waals surface area contributed by atoms with Gasteiger partial charge in [-0.3, -0.25) is 4.79 Å². The Morgan fingerprint density at radius 1 is 1.05 bits per heavy atom. The average molecular weight is 537 g/mol. The first-order valence-electron chi connectivity index (χ1n) is 13.8. The fourth-order valence-corrected chi connectivity index (χ4v) is 6.02. The number of nitrogens with zero attached hydrogens (tertiary/aromatic N) is 2. The number of imidazole rings is 1. The number of nitrogens with one attached hydrogen (secondary N) is 2. The predicted molar refractivity (Wildman–Crippen MR) is 155 cm³/mol. The Labute approximate surface area is 231 Å². The zero-order valence-electron chi connectivity index (χ0n) is 22.4. The van der Waals surface area contributed by atoms with Crippen molar-refractivity contribution in [3.63, 3.8) is 0 Å². The molecule has 5 aromatic rings. The third kappa shape index (κ3) is 4.81. The van der Waals surface area contributed by atoms with Crippen molar-refractivity contribution in [3.05, 3.63) is 83.6 Å². The van der Waals surface area contributed by atoms with Crippen molar-refractivity contribution in [1.29, 1.82) is 0 Å². The minimum absolute atomic E-state index is 0.0765. The SMILES string of the molecule is Cc1[nH]c2ccc(O)cc2c1C[C@H](NC(=O)c1ccc2c(c1)nc(-c1ccccc1)n2C1CCCCC1)C(=O)O. The molecule has 8 heteroatoms. The van der Waals surface area contributed by atoms with Crippen LogP contribution in [0.5, 0.6) is 5.75 Å². The molecule has 2 heterocycles. The maximum absolute atomic E-state index is 13.3. The van der Waals surface area contributed by atoms with Gasteiger partial charge in [0.15, 0.2) is 0 Å². The number of aromatic hydroxyl groups is 1. The molecule has 40 heavy (non-hydrogen) atoms. The molecule has 3 aromatic carbocycles. The number of fused-ring (bicyclic) bond motifs is 2. The molecule has 8 nitrogen and oxygen atoms in total. The van der Waals surface area contributed by atoms with Gasteiger partial charge in [-0.2, -0.15) is 0 Å². The molecule has 1 aliphatic carbocycles. The summed E-state index contributed by atoms with van der Waals surface area (Å²) in [6.45, 7) is 1.86. The molecule has 4 N–H and O–H groups in total. The van der Waals surface area contributed by atoms with Crippen molar-refractivity contribution < 1.29 is 19.8 Å². The molecule has 1 saturated carbocycles. The molecule has 2 aromatic heterocycles. The molecule has 1 amide bonds. The third-order valence-electron chi connectivity index (χ3n) is 8.04. The minimum atomic E-state index is -1.15. The first kappa shape index (κ1) is 25.7. The molecule has 0 aliphatic heterocycles. The molecular weight excluding hydrogens is 504 g/mol. The van der Waals surface area contributed by atoms with Crippen LogP contribution in [0, 0.1) is 6.92 Å². The number of carbonyl (C=O) groups is 2. The molecule has 1 fully saturated rings. The molecule has 0 radical (unpaired) electrons. The number of carbonyl (C=O) groups excluding carboxylic acids is 1. The lowest BCUT2D eigenvalue weighted by molar-refractivity contribution is -0.139. The lowest BCUT2D eigenvalue weighted by Crippen LogP contribution is -2.42. The highest BCUT2D eigenvalue weighted by molar-refractivity contribution is 6.00. The largest absolute Gasteiger partial charge is 0.508 e. The van der Waals surface area contributed by atoms with Crippen LogP contribution in [0.1, 0.15) is 59.8 Å². The van der Waals surface area contributed by atoms with Crippen LogP contribution < -0.4 is 5.32 Å². The van der Waals surface area contributed by atoms with Gasteiger partial charge in [0.1, 0.15) is 17.6 Å². The topological polar surface area (TPSA) is 120 Å². The van der Waals surface area contributed by atoms with Crippen LogP contribution in [0.3, 0.4) is 0 Å². The number of amides is 1. The van der Waals surface area contributed by atoms with E-state index in [2.05, 4.69) is 27.0 Å². The van der Waals surface area contributed by atoms with Gasteiger partial charge >= 0.3 is 5.97 Å². The number of aliphatic carboxylic acids is 1. The van der Waals surface area contributed by atoms with Crippen molar-refractivity contribution in [2.75, 3.05) is 0 Å². The number of aromatic amines is 1. The van der Waals surface area contributed by atoms with E-state index in [1.54, 1.807) is 30.3 Å². The average Bonchev–Trinajstić information content (AvgIpc) is 3.50. The van der Waals surface area contributed by atoms with Crippen LogP contribution in [-0.2, 0) is 11.2 Å². The molecule has 0 saturated heterocycles. The van der Waals surface area contributed by atoms with E-state index in [0.717, 1.165) is 51.9 Å². The zero-order chi connectivity index (χ0) is 27.8. The maximum Gasteiger partial charge on any atom is 0.326 e. The van der Waals surface area contributed by atoms with Gasteiger partial charge in [0.25, 0.3) is 5.91 Å². The number of phenols is 1. The highest BCUT2D eigenvalue weighted by Gasteiger charge is 2.26. The summed E-state index contributed by atoms with van der Waals surface area (Å²) in [7, 11) is 0. The number of aryl methyl sites for hydroxylation is 1. The molecule has 6 rings (SSSR count). The van der Waals surface area contributed by atoms with Gasteiger partial charge < -0.3 is 25.1 Å². The highest BCUT2D eigenvalue weighted by Crippen LogP contribution is 2.36. The Balaban J connectivity index is 1.31. The summed E-state index contributed by atoms with van der Waals surface area (Å²) >= 11 is 0. The molecule has 1 aliphatic rings. The monoisotopic (exact) mass is 536 g/mol. The molecule has 0 unspecified atom stereocenters. The van der Waals surface area contributed by atoms with Gasteiger partial charge in [0, 0.05) is 40.2 Å². The van der Waals surface area contributed by atoms with Crippen molar-refractivity contribution in [3.8, 4) is 17.1 Å². The van der Waals surface area contributed by atoms with E-state index in [4.69, 9.17) is 4.98 Å². The molecule has 0 bridgehead atoms. The maximum atomic E-state index is 13.3. The second-order valence-corrected chi connectivity index (χ2v) is 10.7. The summed E-state index contributed by atoms with van der Waals surface area (Å²) in [4.78, 5) is 33.7. The van der Waals surface area contributed by atoms with E-state index in [1.165, 1.54) is 19.3 Å². The lowest BCUT2D eigenvalue weighted by Gasteiger charge is -2.25. The number of hydrogen-bond acceptors (Lipinski definition) is 4. The standard InChI is InChI=1S/C32H32N4O4/c1-19-24(25-17-23(37)13-14-26(25)33-19)18-28(32(39)40)35-31(38)21-12-15-29-27(16-21)34-30(20-8-4-2-5-9-20)36(29)22-10-6-3-7-11-22/h2,4-5,8-9,12-17,22,28,33,37H,3,6-7,10-11,18H2,1H3,(H,35,38)(H,39,40)/t28-/m0/s1. The molecule has 1 atom stereocenters. The van der Waals surface area contributed by atoms with Crippen LogP contribution in [0.2, 0.25) is 0 Å². The second-order valence-electron chi connectivity index (χ2n) is 10.7. The van der Waals surface area contributed by atoms with Gasteiger partial charge in [-0.25, -0.2) is 9.78 Å².